The molecule has 95 heavy (non-hydrogen) atoms. The highest BCUT2D eigenvalue weighted by Gasteiger charge is 2.37. The van der Waals surface area contributed by atoms with E-state index in [9.17, 15) is 0 Å². The average Bonchev–Trinajstić information content (AvgIpc) is 1.60. The number of rotatable bonds is 5. The smallest absolute Gasteiger partial charge is 0.0542 e. The number of hydrogen-bond donors (Lipinski definition) is 1. The van der Waals surface area contributed by atoms with Crippen molar-refractivity contribution in [3.05, 3.63) is 342 Å². The third-order valence-electron chi connectivity index (χ3n) is 20.6. The Morgan fingerprint density at radius 3 is 1.11 bits per heavy atom. The van der Waals surface area contributed by atoms with E-state index in [4.69, 9.17) is 0 Å². The van der Waals surface area contributed by atoms with E-state index in [-0.39, 0.29) is 10.8 Å². The van der Waals surface area contributed by atoms with E-state index in [1.54, 1.807) is 0 Å². The summed E-state index contributed by atoms with van der Waals surface area (Å²) >= 11 is 3.57. The Hall–Kier alpha value is -11.2. The van der Waals surface area contributed by atoms with Gasteiger partial charge in [0.15, 0.2) is 0 Å². The van der Waals surface area contributed by atoms with Gasteiger partial charge in [-0.1, -0.05) is 250 Å². The first-order valence-electron chi connectivity index (χ1n) is 32.9. The first kappa shape index (κ1) is 56.5. The third kappa shape index (κ3) is 9.01. The standard InChI is InChI=1S/C45H32N2.C24H16N2.C21H17Br/c1-45(2)39-18-7-3-14-33(39)34-24-22-30(27-40(34)45)29-12-11-13-31(26-29)46-43-21-10-6-17-37(43)38-28-32(23-25-44(38)46)47-41-19-8-4-15-35(41)36-16-5-9-20-42(36)47;1-4-10-21-17(7-1)20-15-16(13-14-22(20)25-21)26-23-11-5-2-8-18(23)19-9-3-6-12-24(19)26;1-21(2)19-9-4-3-8-17(19)18-11-10-15(13-20(18)21)14-6-5-7-16(22)12-14/h3-28H,1-2H3;1-15,25H;3-13H,1-2H3. The number of H-pyrrole nitrogens is 1. The summed E-state index contributed by atoms with van der Waals surface area (Å²) < 4.78 is 8.32. The molecule has 0 aliphatic heterocycles. The molecule has 18 aromatic rings. The molecule has 0 amide bonds. The molecule has 2 aliphatic carbocycles. The number of benzene rings is 14. The van der Waals surface area contributed by atoms with E-state index in [0.29, 0.717) is 0 Å². The van der Waals surface area contributed by atoms with Crippen molar-refractivity contribution in [2.75, 3.05) is 0 Å². The highest BCUT2D eigenvalue weighted by atomic mass is 79.9. The quantitative estimate of drug-likeness (QED) is 0.178. The second-order valence-electron chi connectivity index (χ2n) is 26.6. The van der Waals surface area contributed by atoms with Crippen LogP contribution in [0.25, 0.3) is 149 Å². The molecular weight excluding hydrogens is 1220 g/mol. The zero-order valence-corrected chi connectivity index (χ0v) is 54.8. The van der Waals surface area contributed by atoms with E-state index in [0.717, 1.165) is 4.47 Å². The van der Waals surface area contributed by atoms with Crippen LogP contribution in [0.3, 0.4) is 0 Å². The minimum atomic E-state index is -0.0273. The number of para-hydroxylation sites is 6. The molecule has 4 nitrogen and oxygen atoms in total. The summed E-state index contributed by atoms with van der Waals surface area (Å²) in [5.74, 6) is 0. The summed E-state index contributed by atoms with van der Waals surface area (Å²) in [4.78, 5) is 3.52. The molecule has 0 saturated heterocycles. The van der Waals surface area contributed by atoms with Gasteiger partial charge in [-0.2, -0.15) is 0 Å². The van der Waals surface area contributed by atoms with E-state index >= 15 is 0 Å². The molecule has 0 bridgehead atoms. The zero-order valence-electron chi connectivity index (χ0n) is 53.2. The number of aromatic nitrogens is 4. The molecule has 0 unspecified atom stereocenters. The topological polar surface area (TPSA) is 30.6 Å². The number of nitrogens with zero attached hydrogens (tertiary/aromatic N) is 3. The van der Waals surface area contributed by atoms with Crippen LogP contribution in [0.2, 0.25) is 0 Å². The maximum absolute atomic E-state index is 3.57. The van der Waals surface area contributed by atoms with Crippen LogP contribution in [-0.4, -0.2) is 18.7 Å². The fourth-order valence-electron chi connectivity index (χ4n) is 16.0. The molecule has 452 valence electrons. The molecule has 0 atom stereocenters. The van der Waals surface area contributed by atoms with Gasteiger partial charge in [0.1, 0.15) is 0 Å². The van der Waals surface area contributed by atoms with E-state index in [1.807, 2.05) is 0 Å². The van der Waals surface area contributed by atoms with Crippen LogP contribution in [0.15, 0.2) is 320 Å². The molecule has 4 heterocycles. The van der Waals surface area contributed by atoms with Crippen molar-refractivity contribution in [3.63, 3.8) is 0 Å². The van der Waals surface area contributed by atoms with Gasteiger partial charge in [0.25, 0.3) is 0 Å². The van der Waals surface area contributed by atoms with Crippen molar-refractivity contribution in [1.29, 1.82) is 0 Å². The van der Waals surface area contributed by atoms with Crippen LogP contribution in [0.1, 0.15) is 49.9 Å². The van der Waals surface area contributed by atoms with Crippen LogP contribution in [0.5, 0.6) is 0 Å². The van der Waals surface area contributed by atoms with Crippen LogP contribution < -0.4 is 0 Å². The van der Waals surface area contributed by atoms with Gasteiger partial charge in [0.05, 0.1) is 33.1 Å². The Morgan fingerprint density at radius 1 is 0.242 bits per heavy atom. The molecule has 4 aromatic heterocycles. The number of aromatic amines is 1. The lowest BCUT2D eigenvalue weighted by Crippen LogP contribution is -2.14. The summed E-state index contributed by atoms with van der Waals surface area (Å²) in [6.07, 6.45) is 0. The molecule has 2 aliphatic rings. The van der Waals surface area contributed by atoms with E-state index < -0.39 is 0 Å². The van der Waals surface area contributed by atoms with Crippen molar-refractivity contribution >= 4 is 103 Å². The zero-order chi connectivity index (χ0) is 63.7. The summed E-state index contributed by atoms with van der Waals surface area (Å²) in [5.41, 5.74) is 29.4. The van der Waals surface area contributed by atoms with Crippen molar-refractivity contribution < 1.29 is 0 Å². The van der Waals surface area contributed by atoms with Crippen LogP contribution >= 0.6 is 15.9 Å². The van der Waals surface area contributed by atoms with Gasteiger partial charge in [0, 0.05) is 86.5 Å². The Morgan fingerprint density at radius 2 is 0.600 bits per heavy atom. The predicted molar refractivity (Wildman–Crippen MR) is 405 cm³/mol. The fraction of sp³-hybridized carbons (Fsp3) is 0.0667. The van der Waals surface area contributed by atoms with Gasteiger partial charge in [-0.3, -0.25) is 0 Å². The molecular formula is C90H65BrN4. The lowest BCUT2D eigenvalue weighted by molar-refractivity contribution is 0.660. The van der Waals surface area contributed by atoms with Gasteiger partial charge in [-0.05, 0) is 176 Å². The van der Waals surface area contributed by atoms with Gasteiger partial charge < -0.3 is 18.7 Å². The van der Waals surface area contributed by atoms with Crippen LogP contribution in [0.4, 0.5) is 0 Å². The normalized spacial score (nSPS) is 13.3. The molecule has 0 radical (unpaired) electrons. The molecule has 14 aromatic carbocycles. The third-order valence-corrected chi connectivity index (χ3v) is 21.1. The lowest BCUT2D eigenvalue weighted by atomic mass is 9.81. The van der Waals surface area contributed by atoms with Gasteiger partial charge in [0.2, 0.25) is 0 Å². The number of nitrogens with one attached hydrogen (secondary N) is 1. The fourth-order valence-corrected chi connectivity index (χ4v) is 16.4. The monoisotopic (exact) mass is 1280 g/mol. The highest BCUT2D eigenvalue weighted by molar-refractivity contribution is 9.10. The maximum Gasteiger partial charge on any atom is 0.0542 e. The highest BCUT2D eigenvalue weighted by Crippen LogP contribution is 2.51. The molecule has 0 fully saturated rings. The minimum Gasteiger partial charge on any atom is -0.355 e. The Balaban J connectivity index is 0.000000115. The first-order chi connectivity index (χ1) is 46.5. The van der Waals surface area contributed by atoms with Crippen molar-refractivity contribution in [1.82, 2.24) is 18.7 Å². The van der Waals surface area contributed by atoms with Crippen LogP contribution in [0, 0.1) is 0 Å². The average molecular weight is 1280 g/mol. The van der Waals surface area contributed by atoms with Gasteiger partial charge >= 0.3 is 0 Å². The number of fused-ring (bicyclic) bond motifs is 18. The summed E-state index contributed by atoms with van der Waals surface area (Å²) in [6, 6.07) is 115. The Kier molecular flexibility index (Phi) is 13.1. The van der Waals surface area contributed by atoms with Crippen LogP contribution in [-0.2, 0) is 10.8 Å². The maximum atomic E-state index is 3.57. The summed E-state index contributed by atoms with van der Waals surface area (Å²) in [6.45, 7) is 9.35. The van der Waals surface area contributed by atoms with Crippen molar-refractivity contribution in [2.45, 2.75) is 38.5 Å². The van der Waals surface area contributed by atoms with Gasteiger partial charge in [-0.25, -0.2) is 0 Å². The summed E-state index contributed by atoms with van der Waals surface area (Å²) in [7, 11) is 0. The van der Waals surface area contributed by atoms with E-state index in [1.165, 1.54) is 171 Å². The molecule has 5 heteroatoms. The second-order valence-corrected chi connectivity index (χ2v) is 27.5. The predicted octanol–water partition coefficient (Wildman–Crippen LogP) is 24.7. The van der Waals surface area contributed by atoms with Crippen molar-refractivity contribution in [3.8, 4) is 61.6 Å². The Bertz CT molecular complexity index is 6030. The molecule has 1 N–H and O–H groups in total. The SMILES string of the molecule is CC1(C)c2ccccc2-c2ccc(-c3cccc(-n4c5ccccc5c5cc(-n6c7ccccc7c7ccccc76)ccc54)c3)cc21.CC1(C)c2ccccc2-c2ccc(-c3cccc(Br)c3)cc21.c1ccc2c(c1)[nH]c1ccc(-n3c4ccccc4c4ccccc43)cc12. The van der Waals surface area contributed by atoms with E-state index in [2.05, 4.69) is 378 Å². The minimum absolute atomic E-state index is 0.0273. The molecule has 20 rings (SSSR count). The molecule has 0 saturated carbocycles. The summed E-state index contributed by atoms with van der Waals surface area (Å²) in [5, 5.41) is 10.2. The van der Waals surface area contributed by atoms with Gasteiger partial charge in [-0.15, -0.1) is 0 Å². The number of halogens is 1. The number of hydrogen-bond acceptors (Lipinski definition) is 0. The Labute approximate surface area is 560 Å². The largest absolute Gasteiger partial charge is 0.355 e. The van der Waals surface area contributed by atoms with Crippen molar-refractivity contribution in [2.24, 2.45) is 0 Å². The molecule has 0 spiro atoms. The second kappa shape index (κ2) is 21.9. The first-order valence-corrected chi connectivity index (χ1v) is 33.7. The lowest BCUT2D eigenvalue weighted by Gasteiger charge is -2.22.